The number of para-hydroxylation sites is 1. The van der Waals surface area contributed by atoms with Gasteiger partial charge in [0.2, 0.25) is 0 Å². The van der Waals surface area contributed by atoms with Crippen LogP contribution in [0.1, 0.15) is 12.5 Å². The summed E-state index contributed by atoms with van der Waals surface area (Å²) >= 11 is 0. The zero-order chi connectivity index (χ0) is 13.9. The normalized spacial score (nSPS) is 10.7. The second-order valence-corrected chi connectivity index (χ2v) is 4.55. The van der Waals surface area contributed by atoms with E-state index in [4.69, 9.17) is 0 Å². The smallest absolute Gasteiger partial charge is 0.148 e. The van der Waals surface area contributed by atoms with Crippen molar-refractivity contribution in [3.8, 4) is 16.9 Å². The highest BCUT2D eigenvalue weighted by atomic mass is 19.1. The van der Waals surface area contributed by atoms with Gasteiger partial charge in [0.25, 0.3) is 0 Å². The van der Waals surface area contributed by atoms with Gasteiger partial charge in [0.1, 0.15) is 17.2 Å². The number of aryl methyl sites for hydroxylation is 1. The summed E-state index contributed by atoms with van der Waals surface area (Å²) in [5.74, 6) is -0.315. The molecule has 0 atom stereocenters. The number of rotatable bonds is 3. The van der Waals surface area contributed by atoms with Gasteiger partial charge in [-0.1, -0.05) is 48.5 Å². The summed E-state index contributed by atoms with van der Waals surface area (Å²) in [6, 6.07) is 14.7. The molecule has 0 aliphatic carbocycles. The Morgan fingerprint density at radius 1 is 1.05 bits per heavy atom. The Morgan fingerprint density at radius 2 is 1.80 bits per heavy atom. The maximum atomic E-state index is 13.7. The predicted molar refractivity (Wildman–Crippen MR) is 76.1 cm³/mol. The van der Waals surface area contributed by atoms with Crippen LogP contribution in [0.25, 0.3) is 16.9 Å². The van der Waals surface area contributed by atoms with Crippen molar-refractivity contribution in [2.45, 2.75) is 13.3 Å². The molecule has 0 aliphatic heterocycles. The molecular weight excluding hydrogens is 253 g/mol. The molecule has 0 aliphatic rings. The highest BCUT2D eigenvalue weighted by Crippen LogP contribution is 2.19. The van der Waals surface area contributed by atoms with E-state index in [-0.39, 0.29) is 5.82 Å². The minimum absolute atomic E-state index is 0.315. The molecular formula is C16H14FN3. The number of benzene rings is 2. The van der Waals surface area contributed by atoms with Crippen LogP contribution in [0, 0.1) is 5.82 Å². The first-order valence-electron chi connectivity index (χ1n) is 6.54. The monoisotopic (exact) mass is 267 g/mol. The van der Waals surface area contributed by atoms with Crippen LogP contribution in [0.2, 0.25) is 0 Å². The van der Waals surface area contributed by atoms with Gasteiger partial charge < -0.3 is 0 Å². The second kappa shape index (κ2) is 5.25. The van der Waals surface area contributed by atoms with E-state index in [2.05, 4.69) is 29.4 Å². The maximum absolute atomic E-state index is 13.7. The third-order valence-electron chi connectivity index (χ3n) is 3.25. The van der Waals surface area contributed by atoms with E-state index < -0.39 is 0 Å². The van der Waals surface area contributed by atoms with Gasteiger partial charge >= 0.3 is 0 Å². The van der Waals surface area contributed by atoms with E-state index in [1.54, 1.807) is 24.4 Å². The zero-order valence-corrected chi connectivity index (χ0v) is 11.1. The highest BCUT2D eigenvalue weighted by molar-refractivity contribution is 5.58. The summed E-state index contributed by atoms with van der Waals surface area (Å²) in [5.41, 5.74) is 3.38. The van der Waals surface area contributed by atoms with Crippen molar-refractivity contribution in [2.24, 2.45) is 0 Å². The molecule has 3 nitrogen and oxygen atoms in total. The molecule has 100 valence electrons. The van der Waals surface area contributed by atoms with Crippen LogP contribution < -0.4 is 0 Å². The SMILES string of the molecule is CCc1ccc(-c2cn(-c3ccccc3F)nn2)cc1. The molecule has 0 fully saturated rings. The standard InChI is InChI=1S/C16H14FN3/c1-2-12-7-9-13(10-8-12)15-11-20(19-18-15)16-6-4-3-5-14(16)17/h3-11H,2H2,1H3. The molecule has 0 unspecified atom stereocenters. The Morgan fingerprint density at radius 3 is 2.50 bits per heavy atom. The summed E-state index contributed by atoms with van der Waals surface area (Å²) in [5, 5.41) is 8.10. The van der Waals surface area contributed by atoms with Crippen molar-refractivity contribution in [2.75, 3.05) is 0 Å². The Bertz CT molecular complexity index is 717. The molecule has 3 aromatic rings. The number of aromatic nitrogens is 3. The van der Waals surface area contributed by atoms with E-state index in [9.17, 15) is 4.39 Å². The van der Waals surface area contributed by atoms with Crippen LogP contribution in [-0.4, -0.2) is 15.0 Å². The molecule has 2 aromatic carbocycles. The number of hydrogen-bond donors (Lipinski definition) is 0. The maximum Gasteiger partial charge on any atom is 0.148 e. The first-order chi connectivity index (χ1) is 9.78. The average molecular weight is 267 g/mol. The molecule has 0 radical (unpaired) electrons. The zero-order valence-electron chi connectivity index (χ0n) is 11.1. The predicted octanol–water partition coefficient (Wildman–Crippen LogP) is 3.64. The first-order valence-corrected chi connectivity index (χ1v) is 6.54. The minimum Gasteiger partial charge on any atom is -0.217 e. The van der Waals surface area contributed by atoms with Crippen molar-refractivity contribution < 1.29 is 4.39 Å². The fraction of sp³-hybridized carbons (Fsp3) is 0.125. The molecule has 0 amide bonds. The third kappa shape index (κ3) is 2.32. The van der Waals surface area contributed by atoms with Crippen molar-refractivity contribution >= 4 is 0 Å². The van der Waals surface area contributed by atoms with Gasteiger partial charge in [-0.15, -0.1) is 5.10 Å². The molecule has 0 saturated carbocycles. The van der Waals surface area contributed by atoms with Crippen molar-refractivity contribution in [1.82, 2.24) is 15.0 Å². The third-order valence-corrected chi connectivity index (χ3v) is 3.25. The van der Waals surface area contributed by atoms with Crippen LogP contribution >= 0.6 is 0 Å². The second-order valence-electron chi connectivity index (χ2n) is 4.55. The Kier molecular flexibility index (Phi) is 3.29. The van der Waals surface area contributed by atoms with Gasteiger partial charge in [0.15, 0.2) is 0 Å². The lowest BCUT2D eigenvalue weighted by Gasteiger charge is -2.00. The summed E-state index contributed by atoms with van der Waals surface area (Å²) in [7, 11) is 0. The first kappa shape index (κ1) is 12.5. The van der Waals surface area contributed by atoms with Crippen molar-refractivity contribution in [3.05, 3.63) is 66.1 Å². The lowest BCUT2D eigenvalue weighted by atomic mass is 10.1. The summed E-state index contributed by atoms with van der Waals surface area (Å²) in [4.78, 5) is 0. The largest absolute Gasteiger partial charge is 0.217 e. The fourth-order valence-electron chi connectivity index (χ4n) is 2.06. The highest BCUT2D eigenvalue weighted by Gasteiger charge is 2.08. The molecule has 0 N–H and O–H groups in total. The lowest BCUT2D eigenvalue weighted by Crippen LogP contribution is -1.97. The molecule has 3 rings (SSSR count). The van der Waals surface area contributed by atoms with E-state index in [1.165, 1.54) is 16.3 Å². The Hall–Kier alpha value is -2.49. The van der Waals surface area contributed by atoms with Crippen LogP contribution in [0.15, 0.2) is 54.7 Å². The quantitative estimate of drug-likeness (QED) is 0.725. The van der Waals surface area contributed by atoms with E-state index >= 15 is 0 Å². The van der Waals surface area contributed by atoms with Crippen LogP contribution in [0.5, 0.6) is 0 Å². The molecule has 1 heterocycles. The van der Waals surface area contributed by atoms with Gasteiger partial charge in [-0.3, -0.25) is 0 Å². The lowest BCUT2D eigenvalue weighted by molar-refractivity contribution is 0.607. The fourth-order valence-corrected chi connectivity index (χ4v) is 2.06. The van der Waals surface area contributed by atoms with Crippen LogP contribution in [-0.2, 0) is 6.42 Å². The molecule has 1 aromatic heterocycles. The molecule has 4 heteroatoms. The van der Waals surface area contributed by atoms with Crippen LogP contribution in [0.3, 0.4) is 0 Å². The van der Waals surface area contributed by atoms with Crippen molar-refractivity contribution in [3.63, 3.8) is 0 Å². The van der Waals surface area contributed by atoms with E-state index in [0.717, 1.165) is 17.7 Å². The van der Waals surface area contributed by atoms with Crippen molar-refractivity contribution in [1.29, 1.82) is 0 Å². The Balaban J connectivity index is 1.95. The molecule has 0 saturated heterocycles. The number of hydrogen-bond acceptors (Lipinski definition) is 2. The summed E-state index contributed by atoms with van der Waals surface area (Å²) < 4.78 is 15.2. The number of nitrogens with zero attached hydrogens (tertiary/aromatic N) is 3. The topological polar surface area (TPSA) is 30.7 Å². The summed E-state index contributed by atoms with van der Waals surface area (Å²) in [6.07, 6.45) is 2.74. The van der Waals surface area contributed by atoms with Gasteiger partial charge in [-0.25, -0.2) is 9.07 Å². The van der Waals surface area contributed by atoms with Crippen LogP contribution in [0.4, 0.5) is 4.39 Å². The van der Waals surface area contributed by atoms with E-state index in [0.29, 0.717) is 5.69 Å². The minimum atomic E-state index is -0.315. The number of halogens is 1. The molecule has 20 heavy (non-hydrogen) atoms. The van der Waals surface area contributed by atoms with Gasteiger partial charge in [0, 0.05) is 5.56 Å². The van der Waals surface area contributed by atoms with Gasteiger partial charge in [-0.2, -0.15) is 0 Å². The summed E-state index contributed by atoms with van der Waals surface area (Å²) in [6.45, 7) is 2.11. The molecule has 0 bridgehead atoms. The molecule has 0 spiro atoms. The van der Waals surface area contributed by atoms with E-state index in [1.807, 2.05) is 12.1 Å². The van der Waals surface area contributed by atoms with Gasteiger partial charge in [0.05, 0.1) is 6.20 Å². The Labute approximate surface area is 116 Å². The average Bonchev–Trinajstić information content (AvgIpc) is 2.97. The van der Waals surface area contributed by atoms with Gasteiger partial charge in [-0.05, 0) is 24.1 Å².